The summed E-state index contributed by atoms with van der Waals surface area (Å²) in [5.41, 5.74) is 5.18. The minimum absolute atomic E-state index is 0.270. The number of aryl methyl sites for hydroxylation is 1. The molecule has 7 aromatic rings. The first-order valence-corrected chi connectivity index (χ1v) is 13.2. The van der Waals surface area contributed by atoms with Gasteiger partial charge in [-0.3, -0.25) is 4.57 Å². The Labute approximate surface area is 207 Å². The Morgan fingerprint density at radius 3 is 2.06 bits per heavy atom. The van der Waals surface area contributed by atoms with Crippen LogP contribution in [0.3, 0.4) is 0 Å². The molecule has 0 fully saturated rings. The maximum Gasteiger partial charge on any atom is 0.268 e. The average molecular weight is 488 g/mol. The van der Waals surface area contributed by atoms with Crippen LogP contribution in [0.1, 0.15) is 5.56 Å². The molecule has 0 radical (unpaired) electrons. The summed E-state index contributed by atoms with van der Waals surface area (Å²) in [5, 5.41) is 3.97. The quantitative estimate of drug-likeness (QED) is 0.274. The molecule has 0 atom stereocenters. The molecule has 0 aliphatic rings. The van der Waals surface area contributed by atoms with Crippen LogP contribution in [0.25, 0.3) is 49.4 Å². The topological polar surface area (TPSA) is 56.9 Å². The Bertz CT molecular complexity index is 2010. The fraction of sp³-hybridized carbons (Fsp3) is 0.0333. The molecule has 3 aromatic heterocycles. The van der Waals surface area contributed by atoms with Crippen molar-refractivity contribution in [2.75, 3.05) is 0 Å². The van der Waals surface area contributed by atoms with Crippen LogP contribution in [-0.2, 0) is 10.0 Å². The van der Waals surface area contributed by atoms with Crippen molar-refractivity contribution in [3.8, 4) is 5.69 Å². The fourth-order valence-electron chi connectivity index (χ4n) is 5.20. The lowest BCUT2D eigenvalue weighted by Crippen LogP contribution is -2.12. The van der Waals surface area contributed by atoms with Crippen molar-refractivity contribution in [3.05, 3.63) is 115 Å². The molecular formula is C30H21N3O2S. The first-order chi connectivity index (χ1) is 17.5. The van der Waals surface area contributed by atoms with Crippen LogP contribution in [0.4, 0.5) is 0 Å². The van der Waals surface area contributed by atoms with E-state index in [0.29, 0.717) is 11.0 Å². The van der Waals surface area contributed by atoms with Crippen LogP contribution in [0.2, 0.25) is 0 Å². The summed E-state index contributed by atoms with van der Waals surface area (Å²) >= 11 is 0. The van der Waals surface area contributed by atoms with Crippen LogP contribution in [0, 0.1) is 6.92 Å². The molecule has 4 aromatic carbocycles. The molecule has 5 nitrogen and oxygen atoms in total. The normalized spacial score (nSPS) is 12.2. The van der Waals surface area contributed by atoms with Crippen molar-refractivity contribution >= 4 is 53.8 Å². The first kappa shape index (κ1) is 20.9. The average Bonchev–Trinajstić information content (AvgIpc) is 3.42. The van der Waals surface area contributed by atoms with Gasteiger partial charge in [0.2, 0.25) is 0 Å². The highest BCUT2D eigenvalue weighted by Gasteiger charge is 2.24. The van der Waals surface area contributed by atoms with Gasteiger partial charge in [0.1, 0.15) is 5.65 Å². The van der Waals surface area contributed by atoms with E-state index in [1.165, 1.54) is 3.97 Å². The smallest absolute Gasteiger partial charge is 0.268 e. The van der Waals surface area contributed by atoms with Crippen molar-refractivity contribution in [2.24, 2.45) is 0 Å². The molecule has 36 heavy (non-hydrogen) atoms. The Morgan fingerprint density at radius 1 is 0.639 bits per heavy atom. The van der Waals surface area contributed by atoms with E-state index >= 15 is 0 Å². The van der Waals surface area contributed by atoms with Gasteiger partial charge in [-0.2, -0.15) is 0 Å². The number of aromatic nitrogens is 3. The molecule has 0 amide bonds. The lowest BCUT2D eigenvalue weighted by atomic mass is 10.1. The molecule has 6 heteroatoms. The summed E-state index contributed by atoms with van der Waals surface area (Å²) in [6, 6.07) is 32.9. The van der Waals surface area contributed by atoms with E-state index in [-0.39, 0.29) is 4.90 Å². The number of hydrogen-bond donors (Lipinski definition) is 0. The van der Waals surface area contributed by atoms with Crippen molar-refractivity contribution in [3.63, 3.8) is 0 Å². The summed E-state index contributed by atoms with van der Waals surface area (Å²) in [7, 11) is -3.80. The van der Waals surface area contributed by atoms with Crippen LogP contribution < -0.4 is 0 Å². The van der Waals surface area contributed by atoms with Gasteiger partial charge < -0.3 is 0 Å². The van der Waals surface area contributed by atoms with Gasteiger partial charge >= 0.3 is 0 Å². The minimum Gasteiger partial charge on any atom is -0.294 e. The van der Waals surface area contributed by atoms with Gasteiger partial charge in [-0.15, -0.1) is 0 Å². The highest BCUT2D eigenvalue weighted by atomic mass is 32.2. The molecule has 174 valence electrons. The number of benzene rings is 4. The number of hydrogen-bond acceptors (Lipinski definition) is 3. The molecule has 0 bridgehead atoms. The Balaban J connectivity index is 1.55. The van der Waals surface area contributed by atoms with Gasteiger partial charge in [0.05, 0.1) is 21.4 Å². The number of rotatable bonds is 3. The van der Waals surface area contributed by atoms with Gasteiger partial charge in [0.15, 0.2) is 0 Å². The molecule has 0 aliphatic heterocycles. The van der Waals surface area contributed by atoms with Crippen LogP contribution in [0.15, 0.2) is 114 Å². The van der Waals surface area contributed by atoms with Gasteiger partial charge in [-0.25, -0.2) is 17.4 Å². The summed E-state index contributed by atoms with van der Waals surface area (Å²) < 4.78 is 31.3. The van der Waals surface area contributed by atoms with Crippen molar-refractivity contribution < 1.29 is 8.42 Å². The summed E-state index contributed by atoms with van der Waals surface area (Å²) in [6.07, 6.45) is 1.80. The van der Waals surface area contributed by atoms with Gasteiger partial charge in [-0.05, 0) is 61.5 Å². The third-order valence-corrected chi connectivity index (χ3v) is 8.60. The predicted octanol–water partition coefficient (Wildman–Crippen LogP) is 6.83. The van der Waals surface area contributed by atoms with Gasteiger partial charge in [0.25, 0.3) is 10.0 Å². The zero-order valence-electron chi connectivity index (χ0n) is 19.5. The van der Waals surface area contributed by atoms with E-state index in [1.807, 2.05) is 73.7 Å². The lowest BCUT2D eigenvalue weighted by Gasteiger charge is -2.11. The molecule has 0 spiro atoms. The molecule has 0 aliphatic carbocycles. The highest BCUT2D eigenvalue weighted by molar-refractivity contribution is 7.90. The minimum atomic E-state index is -3.80. The molecule has 0 saturated carbocycles. The summed E-state index contributed by atoms with van der Waals surface area (Å²) in [4.78, 5) is 4.96. The number of nitrogens with zero attached hydrogens (tertiary/aromatic N) is 3. The van der Waals surface area contributed by atoms with Crippen molar-refractivity contribution in [1.82, 2.24) is 13.5 Å². The second kappa shape index (κ2) is 7.54. The van der Waals surface area contributed by atoms with E-state index in [4.69, 9.17) is 4.98 Å². The fourth-order valence-corrected chi connectivity index (χ4v) is 6.72. The maximum atomic E-state index is 13.8. The van der Waals surface area contributed by atoms with E-state index in [2.05, 4.69) is 28.8 Å². The molecular weight excluding hydrogens is 466 g/mol. The molecule has 0 unspecified atom stereocenters. The van der Waals surface area contributed by atoms with Gasteiger partial charge in [0, 0.05) is 33.4 Å². The van der Waals surface area contributed by atoms with Gasteiger partial charge in [-0.1, -0.05) is 54.1 Å². The zero-order valence-corrected chi connectivity index (χ0v) is 20.3. The van der Waals surface area contributed by atoms with Crippen LogP contribution in [-0.4, -0.2) is 21.9 Å². The predicted molar refractivity (Wildman–Crippen MR) is 145 cm³/mol. The third-order valence-electron chi connectivity index (χ3n) is 6.86. The number of fused-ring (bicyclic) bond motifs is 6. The maximum absolute atomic E-state index is 13.8. The van der Waals surface area contributed by atoms with E-state index in [0.717, 1.165) is 44.0 Å². The molecule has 7 rings (SSSR count). The SMILES string of the molecule is Cc1ccc(S(=O)(=O)n2c3ccccc3c3cc(-n4c5ccccc5c5cccnc54)ccc32)cc1. The van der Waals surface area contributed by atoms with E-state index in [9.17, 15) is 8.42 Å². The second-order valence-electron chi connectivity index (χ2n) is 9.03. The summed E-state index contributed by atoms with van der Waals surface area (Å²) in [5.74, 6) is 0. The lowest BCUT2D eigenvalue weighted by molar-refractivity contribution is 0.590. The number of pyridine rings is 1. The van der Waals surface area contributed by atoms with Crippen LogP contribution in [0.5, 0.6) is 0 Å². The highest BCUT2D eigenvalue weighted by Crippen LogP contribution is 2.36. The third kappa shape index (κ3) is 2.88. The first-order valence-electron chi connectivity index (χ1n) is 11.7. The zero-order chi connectivity index (χ0) is 24.4. The van der Waals surface area contributed by atoms with Crippen molar-refractivity contribution in [1.29, 1.82) is 0 Å². The standard InChI is InChI=1S/C30H21N3O2S/c1-20-12-15-22(16-13-20)36(34,35)33-28-11-5-3-8-24(28)26-19-21(14-17-29(26)33)32-27-10-4-2-7-23(27)25-9-6-18-31-30(25)32/h2-19H,1H3. The number of para-hydroxylation sites is 2. The molecule has 0 saturated heterocycles. The van der Waals surface area contributed by atoms with E-state index in [1.54, 1.807) is 18.3 Å². The Morgan fingerprint density at radius 2 is 1.28 bits per heavy atom. The molecule has 0 N–H and O–H groups in total. The van der Waals surface area contributed by atoms with Crippen LogP contribution >= 0.6 is 0 Å². The largest absolute Gasteiger partial charge is 0.294 e. The second-order valence-corrected chi connectivity index (χ2v) is 10.8. The Kier molecular flexibility index (Phi) is 4.38. The Hall–Kier alpha value is -4.42. The summed E-state index contributed by atoms with van der Waals surface area (Å²) in [6.45, 7) is 1.95. The van der Waals surface area contributed by atoms with E-state index < -0.39 is 10.0 Å². The monoisotopic (exact) mass is 487 g/mol. The molecule has 3 heterocycles. The van der Waals surface area contributed by atoms with Crippen molar-refractivity contribution in [2.45, 2.75) is 11.8 Å².